The van der Waals surface area contributed by atoms with Crippen LogP contribution in [0.25, 0.3) is 0 Å². The highest BCUT2D eigenvalue weighted by Gasteiger charge is 2.20. The number of halogens is 2. The molecule has 9 heteroatoms. The Bertz CT molecular complexity index is 871. The van der Waals surface area contributed by atoms with E-state index in [0.717, 1.165) is 0 Å². The zero-order valence-corrected chi connectivity index (χ0v) is 15.8. The SMILES string of the molecule is CC(=O)Nc1ccc(CC(=O)O[C@H](C)C(=O)Nc2ccccc2OC(F)F)cc1. The number of hydrogen-bond acceptors (Lipinski definition) is 5. The van der Waals surface area contributed by atoms with Crippen LogP contribution in [0.1, 0.15) is 19.4 Å². The smallest absolute Gasteiger partial charge is 0.387 e. The number of carbonyl (C=O) groups is 3. The van der Waals surface area contributed by atoms with Crippen molar-refractivity contribution in [3.63, 3.8) is 0 Å². The number of amides is 2. The molecule has 154 valence electrons. The molecule has 0 aliphatic heterocycles. The molecule has 0 heterocycles. The van der Waals surface area contributed by atoms with Gasteiger partial charge >= 0.3 is 12.6 Å². The maximum absolute atomic E-state index is 12.4. The minimum atomic E-state index is -3.04. The summed E-state index contributed by atoms with van der Waals surface area (Å²) in [5.74, 6) is -1.74. The van der Waals surface area contributed by atoms with Crippen LogP contribution in [0.4, 0.5) is 20.2 Å². The average molecular weight is 406 g/mol. The summed E-state index contributed by atoms with van der Waals surface area (Å²) in [5, 5.41) is 5.00. The number of esters is 1. The molecule has 0 spiro atoms. The van der Waals surface area contributed by atoms with Crippen molar-refractivity contribution in [1.29, 1.82) is 0 Å². The minimum absolute atomic E-state index is 0.0364. The van der Waals surface area contributed by atoms with Gasteiger partial charge in [0, 0.05) is 12.6 Å². The van der Waals surface area contributed by atoms with E-state index in [-0.39, 0.29) is 23.8 Å². The molecule has 7 nitrogen and oxygen atoms in total. The van der Waals surface area contributed by atoms with Crippen LogP contribution >= 0.6 is 0 Å². The summed E-state index contributed by atoms with van der Waals surface area (Å²) in [4.78, 5) is 35.3. The first-order valence-electron chi connectivity index (χ1n) is 8.65. The molecule has 1 atom stereocenters. The second kappa shape index (κ2) is 10.2. The van der Waals surface area contributed by atoms with Crippen LogP contribution in [-0.2, 0) is 25.5 Å². The van der Waals surface area contributed by atoms with Crippen LogP contribution < -0.4 is 15.4 Å². The van der Waals surface area contributed by atoms with Crippen LogP contribution in [0.5, 0.6) is 5.75 Å². The van der Waals surface area contributed by atoms with Crippen molar-refractivity contribution in [2.45, 2.75) is 33.0 Å². The summed E-state index contributed by atoms with van der Waals surface area (Å²) in [5.41, 5.74) is 1.26. The van der Waals surface area contributed by atoms with E-state index in [4.69, 9.17) is 4.74 Å². The summed E-state index contributed by atoms with van der Waals surface area (Å²) in [6.07, 6.45) is -1.23. The van der Waals surface area contributed by atoms with Crippen molar-refractivity contribution < 1.29 is 32.6 Å². The molecule has 0 bridgehead atoms. The summed E-state index contributed by atoms with van der Waals surface area (Å²) in [7, 11) is 0. The van der Waals surface area contributed by atoms with Crippen molar-refractivity contribution in [2.24, 2.45) is 0 Å². The maximum Gasteiger partial charge on any atom is 0.387 e. The molecule has 0 aliphatic carbocycles. The molecule has 2 aromatic carbocycles. The highest BCUT2D eigenvalue weighted by molar-refractivity contribution is 5.96. The van der Waals surface area contributed by atoms with Crippen molar-refractivity contribution in [2.75, 3.05) is 10.6 Å². The summed E-state index contributed by atoms with van der Waals surface area (Å²) < 4.78 is 34.3. The fraction of sp³-hybridized carbons (Fsp3) is 0.250. The average Bonchev–Trinajstić information content (AvgIpc) is 2.64. The fourth-order valence-electron chi connectivity index (χ4n) is 2.37. The van der Waals surface area contributed by atoms with Gasteiger partial charge in [-0.25, -0.2) is 0 Å². The van der Waals surface area contributed by atoms with Gasteiger partial charge in [-0.1, -0.05) is 24.3 Å². The van der Waals surface area contributed by atoms with E-state index >= 15 is 0 Å². The van der Waals surface area contributed by atoms with Gasteiger partial charge in [0.15, 0.2) is 6.10 Å². The lowest BCUT2D eigenvalue weighted by atomic mass is 10.1. The number of ether oxygens (including phenoxy) is 2. The number of carbonyl (C=O) groups excluding carboxylic acids is 3. The van der Waals surface area contributed by atoms with E-state index < -0.39 is 24.6 Å². The molecule has 0 saturated carbocycles. The number of benzene rings is 2. The summed E-state index contributed by atoms with van der Waals surface area (Å²) in [6, 6.07) is 12.3. The Labute approximate surface area is 166 Å². The third-order valence-corrected chi connectivity index (χ3v) is 3.66. The number of alkyl halides is 2. The van der Waals surface area contributed by atoms with Gasteiger partial charge in [0.1, 0.15) is 5.75 Å². The van der Waals surface area contributed by atoms with Gasteiger partial charge in [-0.3, -0.25) is 14.4 Å². The van der Waals surface area contributed by atoms with Crippen molar-refractivity contribution >= 4 is 29.2 Å². The Kier molecular flexibility index (Phi) is 7.64. The molecule has 0 unspecified atom stereocenters. The second-order valence-corrected chi connectivity index (χ2v) is 6.05. The summed E-state index contributed by atoms with van der Waals surface area (Å²) >= 11 is 0. The standard InChI is InChI=1S/C20H20F2N2O5/c1-12(19(27)24-16-5-3-4-6-17(16)29-20(21)22)28-18(26)11-14-7-9-15(10-8-14)23-13(2)25/h3-10,12,20H,11H2,1-2H3,(H,23,25)(H,24,27)/t12-/m1/s1. The van der Waals surface area contributed by atoms with Crippen LogP contribution in [0.2, 0.25) is 0 Å². The van der Waals surface area contributed by atoms with E-state index in [2.05, 4.69) is 15.4 Å². The lowest BCUT2D eigenvalue weighted by Gasteiger charge is -2.16. The first kappa shape index (κ1) is 21.8. The topological polar surface area (TPSA) is 93.7 Å². The van der Waals surface area contributed by atoms with Crippen LogP contribution in [-0.4, -0.2) is 30.5 Å². The molecule has 0 radical (unpaired) electrons. The third-order valence-electron chi connectivity index (χ3n) is 3.66. The first-order valence-corrected chi connectivity index (χ1v) is 8.65. The van der Waals surface area contributed by atoms with Crippen LogP contribution in [0.15, 0.2) is 48.5 Å². The molecule has 2 rings (SSSR count). The molecule has 2 aromatic rings. The quantitative estimate of drug-likeness (QED) is 0.656. The molecule has 29 heavy (non-hydrogen) atoms. The second-order valence-electron chi connectivity index (χ2n) is 6.05. The van der Waals surface area contributed by atoms with Gasteiger partial charge in [0.2, 0.25) is 5.91 Å². The van der Waals surface area contributed by atoms with Crippen molar-refractivity contribution in [3.8, 4) is 5.75 Å². The highest BCUT2D eigenvalue weighted by Crippen LogP contribution is 2.25. The minimum Gasteiger partial charge on any atom is -0.452 e. The van der Waals surface area contributed by atoms with Gasteiger partial charge in [0.25, 0.3) is 5.91 Å². The van der Waals surface area contributed by atoms with Gasteiger partial charge in [-0.05, 0) is 36.8 Å². The van der Waals surface area contributed by atoms with E-state index in [1.807, 2.05) is 0 Å². The first-order chi connectivity index (χ1) is 13.7. The Morgan fingerprint density at radius 3 is 2.28 bits per heavy atom. The van der Waals surface area contributed by atoms with Gasteiger partial charge in [-0.2, -0.15) is 8.78 Å². The normalized spacial score (nSPS) is 11.5. The Balaban J connectivity index is 1.91. The van der Waals surface area contributed by atoms with E-state index in [1.165, 1.54) is 38.1 Å². The van der Waals surface area contributed by atoms with Gasteiger partial charge in [0.05, 0.1) is 12.1 Å². The molecule has 0 aromatic heterocycles. The number of anilines is 2. The maximum atomic E-state index is 12.4. The van der Waals surface area contributed by atoms with Gasteiger partial charge < -0.3 is 20.1 Å². The highest BCUT2D eigenvalue weighted by atomic mass is 19.3. The molecule has 2 amide bonds. The van der Waals surface area contributed by atoms with E-state index in [9.17, 15) is 23.2 Å². The predicted octanol–water partition coefficient (Wildman–Crippen LogP) is 3.36. The van der Waals surface area contributed by atoms with Crippen LogP contribution in [0, 0.1) is 0 Å². The third kappa shape index (κ3) is 7.21. The van der Waals surface area contributed by atoms with Crippen LogP contribution in [0.3, 0.4) is 0 Å². The molecule has 0 fully saturated rings. The lowest BCUT2D eigenvalue weighted by molar-refractivity contribution is -0.152. The molecular weight excluding hydrogens is 386 g/mol. The molecular formula is C20H20F2N2O5. The Hall–Kier alpha value is -3.49. The van der Waals surface area contributed by atoms with Crippen molar-refractivity contribution in [1.82, 2.24) is 0 Å². The number of hydrogen-bond donors (Lipinski definition) is 2. The van der Waals surface area contributed by atoms with E-state index in [1.54, 1.807) is 24.3 Å². The van der Waals surface area contributed by atoms with Gasteiger partial charge in [-0.15, -0.1) is 0 Å². The fourth-order valence-corrected chi connectivity index (χ4v) is 2.37. The Morgan fingerprint density at radius 1 is 1.00 bits per heavy atom. The lowest BCUT2D eigenvalue weighted by Crippen LogP contribution is -2.30. The molecule has 2 N–H and O–H groups in total. The van der Waals surface area contributed by atoms with Crippen molar-refractivity contribution in [3.05, 3.63) is 54.1 Å². The zero-order valence-electron chi connectivity index (χ0n) is 15.8. The summed E-state index contributed by atoms with van der Waals surface area (Å²) in [6.45, 7) is -0.292. The largest absolute Gasteiger partial charge is 0.452 e. The molecule has 0 saturated heterocycles. The number of rotatable bonds is 8. The predicted molar refractivity (Wildman–Crippen MR) is 102 cm³/mol. The Morgan fingerprint density at radius 2 is 1.66 bits per heavy atom. The number of para-hydroxylation sites is 2. The van der Waals surface area contributed by atoms with E-state index in [0.29, 0.717) is 11.3 Å². The molecule has 0 aliphatic rings. The monoisotopic (exact) mass is 406 g/mol. The zero-order chi connectivity index (χ0) is 21.4. The number of nitrogens with one attached hydrogen (secondary N) is 2.